The molecule has 9 nitrogen and oxygen atoms in total. The maximum absolute atomic E-state index is 13.7. The highest BCUT2D eigenvalue weighted by molar-refractivity contribution is 7.92. The molecule has 3 aromatic carbocycles. The van der Waals surface area contributed by atoms with Gasteiger partial charge in [-0.05, 0) is 61.4 Å². The maximum Gasteiger partial charge on any atom is 0.264 e. The number of aryl methyl sites for hydroxylation is 1. The van der Waals surface area contributed by atoms with E-state index in [4.69, 9.17) is 9.47 Å². The Morgan fingerprint density at radius 3 is 2.41 bits per heavy atom. The van der Waals surface area contributed by atoms with E-state index in [0.29, 0.717) is 24.4 Å². The van der Waals surface area contributed by atoms with Gasteiger partial charge in [-0.25, -0.2) is 8.42 Å². The predicted octanol–water partition coefficient (Wildman–Crippen LogP) is 3.97. The first-order chi connectivity index (χ1) is 17.7. The topological polar surface area (TPSA) is 105 Å². The molecule has 0 bridgehead atoms. The standard InChI is InChI=1S/C27H29N3O6S/c1-19-16-20(11-13-23(19)29-15-7-10-27(29)32)28-26(31)18-30(37(33,34)22-8-5-4-6-9-22)24-17-21(35-2)12-14-25(24)36-3/h4-6,8-9,11-14,16-17H,7,10,15,18H2,1-3H3,(H,28,31). The van der Waals surface area contributed by atoms with Crippen molar-refractivity contribution in [3.63, 3.8) is 0 Å². The van der Waals surface area contributed by atoms with Crippen molar-refractivity contribution in [2.24, 2.45) is 0 Å². The van der Waals surface area contributed by atoms with Gasteiger partial charge in [0.05, 0.1) is 24.8 Å². The molecule has 0 saturated carbocycles. The Balaban J connectivity index is 1.65. The lowest BCUT2D eigenvalue weighted by Crippen LogP contribution is -2.38. The lowest BCUT2D eigenvalue weighted by molar-refractivity contribution is -0.117. The summed E-state index contributed by atoms with van der Waals surface area (Å²) >= 11 is 0. The van der Waals surface area contributed by atoms with Crippen LogP contribution in [0.15, 0.2) is 71.6 Å². The predicted molar refractivity (Wildman–Crippen MR) is 142 cm³/mol. The van der Waals surface area contributed by atoms with Crippen LogP contribution in [0.25, 0.3) is 0 Å². The van der Waals surface area contributed by atoms with E-state index >= 15 is 0 Å². The van der Waals surface area contributed by atoms with Gasteiger partial charge in [0, 0.05) is 30.4 Å². The van der Waals surface area contributed by atoms with Crippen LogP contribution in [0, 0.1) is 6.92 Å². The Kier molecular flexibility index (Phi) is 7.68. The van der Waals surface area contributed by atoms with Crippen LogP contribution in [-0.4, -0.2) is 47.5 Å². The molecule has 1 heterocycles. The quantitative estimate of drug-likeness (QED) is 0.455. The number of rotatable bonds is 9. The second kappa shape index (κ2) is 10.9. The first-order valence-corrected chi connectivity index (χ1v) is 13.2. The van der Waals surface area contributed by atoms with Crippen LogP contribution in [0.1, 0.15) is 18.4 Å². The smallest absolute Gasteiger partial charge is 0.264 e. The summed E-state index contributed by atoms with van der Waals surface area (Å²) in [5, 5.41) is 2.78. The van der Waals surface area contributed by atoms with E-state index in [9.17, 15) is 18.0 Å². The lowest BCUT2D eigenvalue weighted by Gasteiger charge is -2.26. The molecule has 10 heteroatoms. The van der Waals surface area contributed by atoms with Gasteiger partial charge >= 0.3 is 0 Å². The van der Waals surface area contributed by atoms with Crippen molar-refractivity contribution in [2.45, 2.75) is 24.7 Å². The summed E-state index contributed by atoms with van der Waals surface area (Å²) in [6.07, 6.45) is 1.34. The molecule has 1 saturated heterocycles. The van der Waals surface area contributed by atoms with Gasteiger partial charge in [0.25, 0.3) is 10.0 Å². The molecule has 0 aliphatic carbocycles. The van der Waals surface area contributed by atoms with Crippen LogP contribution in [0.5, 0.6) is 11.5 Å². The van der Waals surface area contributed by atoms with Crippen LogP contribution < -0.4 is 24.0 Å². The Bertz CT molecular complexity index is 1410. The third-order valence-electron chi connectivity index (χ3n) is 6.12. The first-order valence-electron chi connectivity index (χ1n) is 11.8. The van der Waals surface area contributed by atoms with Gasteiger partial charge in [-0.1, -0.05) is 18.2 Å². The number of hydrogen-bond acceptors (Lipinski definition) is 6. The molecule has 4 rings (SSSR count). The van der Waals surface area contributed by atoms with E-state index in [1.807, 2.05) is 6.92 Å². The van der Waals surface area contributed by atoms with Crippen LogP contribution in [0.2, 0.25) is 0 Å². The van der Waals surface area contributed by atoms with Crippen molar-refractivity contribution >= 4 is 38.9 Å². The molecule has 2 amide bonds. The minimum Gasteiger partial charge on any atom is -0.497 e. The van der Waals surface area contributed by atoms with Crippen LogP contribution >= 0.6 is 0 Å². The zero-order valence-electron chi connectivity index (χ0n) is 20.9. The number of carbonyl (C=O) groups is 2. The Morgan fingerprint density at radius 1 is 1.03 bits per heavy atom. The largest absolute Gasteiger partial charge is 0.497 e. The van der Waals surface area contributed by atoms with Crippen molar-refractivity contribution in [2.75, 3.05) is 41.8 Å². The normalized spacial score (nSPS) is 13.4. The van der Waals surface area contributed by atoms with Gasteiger partial charge < -0.3 is 19.7 Å². The molecule has 1 N–H and O–H groups in total. The van der Waals surface area contributed by atoms with Gasteiger partial charge in [0.2, 0.25) is 11.8 Å². The molecule has 0 unspecified atom stereocenters. The highest BCUT2D eigenvalue weighted by Gasteiger charge is 2.30. The molecule has 0 aromatic heterocycles. The van der Waals surface area contributed by atoms with Gasteiger partial charge in [-0.3, -0.25) is 13.9 Å². The van der Waals surface area contributed by atoms with Crippen LogP contribution in [-0.2, 0) is 19.6 Å². The zero-order chi connectivity index (χ0) is 26.6. The van der Waals surface area contributed by atoms with Gasteiger partial charge in [0.15, 0.2) is 0 Å². The number of sulfonamides is 1. The molecule has 1 aliphatic heterocycles. The van der Waals surface area contributed by atoms with E-state index < -0.39 is 22.5 Å². The minimum absolute atomic E-state index is 0.0307. The molecule has 37 heavy (non-hydrogen) atoms. The van der Waals surface area contributed by atoms with Crippen molar-refractivity contribution in [3.8, 4) is 11.5 Å². The fourth-order valence-electron chi connectivity index (χ4n) is 4.28. The van der Waals surface area contributed by atoms with Gasteiger partial charge in [-0.15, -0.1) is 0 Å². The number of anilines is 3. The summed E-state index contributed by atoms with van der Waals surface area (Å²) < 4.78 is 39.1. The molecular weight excluding hydrogens is 494 g/mol. The van der Waals surface area contributed by atoms with Crippen molar-refractivity contribution in [1.29, 1.82) is 0 Å². The number of hydrogen-bond donors (Lipinski definition) is 1. The summed E-state index contributed by atoms with van der Waals surface area (Å²) in [4.78, 5) is 27.1. The number of ether oxygens (including phenoxy) is 2. The van der Waals surface area contributed by atoms with E-state index in [2.05, 4.69) is 5.32 Å². The van der Waals surface area contributed by atoms with E-state index in [0.717, 1.165) is 22.0 Å². The second-order valence-electron chi connectivity index (χ2n) is 8.56. The summed E-state index contributed by atoms with van der Waals surface area (Å²) in [6.45, 7) is 2.02. The number of nitrogens with one attached hydrogen (secondary N) is 1. The summed E-state index contributed by atoms with van der Waals surface area (Å²) in [5.41, 5.74) is 2.29. The minimum atomic E-state index is -4.14. The molecule has 194 valence electrons. The summed E-state index contributed by atoms with van der Waals surface area (Å²) in [5.74, 6) is 0.207. The van der Waals surface area contributed by atoms with Gasteiger partial charge in [-0.2, -0.15) is 0 Å². The highest BCUT2D eigenvalue weighted by atomic mass is 32.2. The van der Waals surface area contributed by atoms with Gasteiger partial charge in [0.1, 0.15) is 18.0 Å². The number of benzene rings is 3. The van der Waals surface area contributed by atoms with Crippen molar-refractivity contribution < 1.29 is 27.5 Å². The second-order valence-corrected chi connectivity index (χ2v) is 10.4. The Labute approximate surface area is 216 Å². The summed E-state index contributed by atoms with van der Waals surface area (Å²) in [6, 6.07) is 17.9. The number of amides is 2. The van der Waals surface area contributed by atoms with E-state index in [1.54, 1.807) is 53.4 Å². The molecule has 1 aliphatic rings. The third kappa shape index (κ3) is 5.54. The molecule has 0 spiro atoms. The third-order valence-corrected chi connectivity index (χ3v) is 7.89. The first kappa shape index (κ1) is 26.0. The number of carbonyl (C=O) groups excluding carboxylic acids is 2. The van der Waals surface area contributed by atoms with Crippen molar-refractivity contribution in [1.82, 2.24) is 0 Å². The zero-order valence-corrected chi connectivity index (χ0v) is 21.7. The number of methoxy groups -OCH3 is 2. The highest BCUT2D eigenvalue weighted by Crippen LogP contribution is 2.36. The molecule has 1 fully saturated rings. The van der Waals surface area contributed by atoms with Crippen molar-refractivity contribution in [3.05, 3.63) is 72.3 Å². The SMILES string of the molecule is COc1ccc(OC)c(N(CC(=O)Nc2ccc(N3CCCC3=O)c(C)c2)S(=O)(=O)c2ccccc2)c1. The van der Waals surface area contributed by atoms with Crippen LogP contribution in [0.3, 0.4) is 0 Å². The van der Waals surface area contributed by atoms with E-state index in [-0.39, 0.29) is 22.2 Å². The summed E-state index contributed by atoms with van der Waals surface area (Å²) in [7, 11) is -1.25. The lowest BCUT2D eigenvalue weighted by atomic mass is 10.1. The number of nitrogens with zero attached hydrogens (tertiary/aromatic N) is 2. The Hall–Kier alpha value is -4.05. The monoisotopic (exact) mass is 523 g/mol. The maximum atomic E-state index is 13.7. The average molecular weight is 524 g/mol. The molecule has 0 radical (unpaired) electrons. The van der Waals surface area contributed by atoms with Crippen LogP contribution in [0.4, 0.5) is 17.1 Å². The Morgan fingerprint density at radius 2 is 1.78 bits per heavy atom. The molecular formula is C27H29N3O6S. The molecule has 0 atom stereocenters. The van der Waals surface area contributed by atoms with E-state index in [1.165, 1.54) is 32.4 Å². The molecule has 3 aromatic rings. The average Bonchev–Trinajstić information content (AvgIpc) is 3.32. The fraction of sp³-hybridized carbons (Fsp3) is 0.259. The fourth-order valence-corrected chi connectivity index (χ4v) is 5.73.